The Morgan fingerprint density at radius 2 is 1.87 bits per heavy atom. The lowest BCUT2D eigenvalue weighted by Crippen LogP contribution is -2.51. The summed E-state index contributed by atoms with van der Waals surface area (Å²) < 4.78 is 11.2. The average molecular weight is 403 g/mol. The van der Waals surface area contributed by atoms with E-state index in [4.69, 9.17) is 9.26 Å². The normalized spacial score (nSPS) is 18.3. The summed E-state index contributed by atoms with van der Waals surface area (Å²) >= 11 is 0. The van der Waals surface area contributed by atoms with Crippen LogP contribution in [-0.4, -0.2) is 35.7 Å². The van der Waals surface area contributed by atoms with E-state index in [1.807, 2.05) is 54.6 Å². The van der Waals surface area contributed by atoms with Gasteiger partial charge in [-0.3, -0.25) is 9.59 Å². The highest BCUT2D eigenvalue weighted by atomic mass is 16.5. The molecule has 0 saturated heterocycles. The molecule has 3 aromatic rings. The van der Waals surface area contributed by atoms with Crippen molar-refractivity contribution >= 4 is 17.5 Å². The fraction of sp³-hybridized carbons (Fsp3) is 0.261. The van der Waals surface area contributed by atoms with E-state index in [0.29, 0.717) is 17.9 Å². The van der Waals surface area contributed by atoms with Gasteiger partial charge in [-0.15, -0.1) is 0 Å². The van der Waals surface area contributed by atoms with Gasteiger partial charge in [0.25, 0.3) is 11.8 Å². The summed E-state index contributed by atoms with van der Waals surface area (Å²) in [5.74, 6) is 0.619. The quantitative estimate of drug-likeness (QED) is 0.708. The molecule has 0 spiro atoms. The molecule has 0 bridgehead atoms. The Balaban J connectivity index is 1.31. The second-order valence-corrected chi connectivity index (χ2v) is 7.59. The van der Waals surface area contributed by atoms with Crippen LogP contribution >= 0.6 is 0 Å². The second-order valence-electron chi connectivity index (χ2n) is 7.59. The Morgan fingerprint density at radius 3 is 2.67 bits per heavy atom. The van der Waals surface area contributed by atoms with E-state index in [9.17, 15) is 9.59 Å². The first-order valence-corrected chi connectivity index (χ1v) is 10.0. The smallest absolute Gasteiger partial charge is 0.274 e. The van der Waals surface area contributed by atoms with Crippen LogP contribution in [0.15, 0.2) is 65.2 Å². The van der Waals surface area contributed by atoms with Gasteiger partial charge in [-0.1, -0.05) is 47.6 Å². The van der Waals surface area contributed by atoms with Crippen molar-refractivity contribution < 1.29 is 18.8 Å². The van der Waals surface area contributed by atoms with E-state index in [1.54, 1.807) is 11.0 Å². The van der Waals surface area contributed by atoms with Crippen molar-refractivity contribution in [1.29, 1.82) is 0 Å². The Hall–Kier alpha value is -3.61. The zero-order chi connectivity index (χ0) is 20.5. The van der Waals surface area contributed by atoms with Gasteiger partial charge < -0.3 is 19.5 Å². The van der Waals surface area contributed by atoms with Crippen molar-refractivity contribution in [3.05, 3.63) is 77.7 Å². The number of carbonyl (C=O) groups excluding carboxylic acids is 2. The minimum Gasteiger partial charge on any atom is -0.489 e. The third-order valence-corrected chi connectivity index (χ3v) is 5.30. The summed E-state index contributed by atoms with van der Waals surface area (Å²) in [4.78, 5) is 27.7. The van der Waals surface area contributed by atoms with E-state index >= 15 is 0 Å². The number of ether oxygens (including phenoxy) is 1. The molecule has 1 N–H and O–H groups in total. The summed E-state index contributed by atoms with van der Waals surface area (Å²) in [6.07, 6.45) is 2.44. The lowest BCUT2D eigenvalue weighted by atomic mass is 10.1. The van der Waals surface area contributed by atoms with E-state index < -0.39 is 11.9 Å². The fourth-order valence-electron chi connectivity index (χ4n) is 3.65. The number of hydrogen-bond donors (Lipinski definition) is 1. The number of fused-ring (bicyclic) bond motifs is 1. The van der Waals surface area contributed by atoms with Crippen LogP contribution in [0.1, 0.15) is 34.7 Å². The van der Waals surface area contributed by atoms with Gasteiger partial charge in [-0.05, 0) is 30.5 Å². The third-order valence-electron chi connectivity index (χ3n) is 5.30. The maximum absolute atomic E-state index is 13.2. The van der Waals surface area contributed by atoms with Crippen LogP contribution in [0.4, 0.5) is 5.69 Å². The SMILES string of the molecule is O=C(N[C@H]1COc2ccccc2N(C2CC2)C1=O)c1cc(Cc2ccccc2)on1. The molecule has 1 fully saturated rings. The molecule has 0 radical (unpaired) electrons. The lowest BCUT2D eigenvalue weighted by molar-refractivity contribution is -0.120. The maximum atomic E-state index is 13.2. The number of anilines is 1. The van der Waals surface area contributed by atoms with Crippen LogP contribution in [-0.2, 0) is 11.2 Å². The molecule has 7 nitrogen and oxygen atoms in total. The highest BCUT2D eigenvalue weighted by Crippen LogP contribution is 2.39. The van der Waals surface area contributed by atoms with Gasteiger partial charge in [0.2, 0.25) is 0 Å². The van der Waals surface area contributed by atoms with Crippen molar-refractivity contribution in [1.82, 2.24) is 10.5 Å². The van der Waals surface area contributed by atoms with Crippen molar-refractivity contribution in [3.63, 3.8) is 0 Å². The van der Waals surface area contributed by atoms with Gasteiger partial charge in [-0.2, -0.15) is 0 Å². The van der Waals surface area contributed by atoms with Crippen molar-refractivity contribution in [2.45, 2.75) is 31.3 Å². The standard InChI is InChI=1S/C23H21N3O4/c27-22(18-13-17(30-25-18)12-15-6-2-1-3-7-15)24-19-14-29-21-9-5-4-8-20(21)26(23(19)28)16-10-11-16/h1-9,13,16,19H,10-12,14H2,(H,24,27)/t19-/m0/s1. The second kappa shape index (κ2) is 7.67. The van der Waals surface area contributed by atoms with Gasteiger partial charge in [0, 0.05) is 18.5 Å². The molecule has 2 heterocycles. The molecule has 0 unspecified atom stereocenters. The van der Waals surface area contributed by atoms with Crippen LogP contribution in [0.25, 0.3) is 0 Å². The molecule has 1 aliphatic heterocycles. The topological polar surface area (TPSA) is 84.7 Å². The van der Waals surface area contributed by atoms with Gasteiger partial charge in [0.05, 0.1) is 5.69 Å². The molecular formula is C23H21N3O4. The molecule has 2 aromatic carbocycles. The van der Waals surface area contributed by atoms with E-state index in [-0.39, 0.29) is 24.2 Å². The summed E-state index contributed by atoms with van der Waals surface area (Å²) in [5.41, 5.74) is 1.97. The fourth-order valence-corrected chi connectivity index (χ4v) is 3.65. The number of hydrogen-bond acceptors (Lipinski definition) is 5. The van der Waals surface area contributed by atoms with Gasteiger partial charge in [-0.25, -0.2) is 0 Å². The first kappa shape index (κ1) is 18.4. The number of nitrogens with one attached hydrogen (secondary N) is 1. The monoisotopic (exact) mass is 403 g/mol. The molecule has 1 saturated carbocycles. The predicted octanol–water partition coefficient (Wildman–Crippen LogP) is 2.95. The van der Waals surface area contributed by atoms with Gasteiger partial charge in [0.15, 0.2) is 5.69 Å². The summed E-state index contributed by atoms with van der Waals surface area (Å²) in [7, 11) is 0. The van der Waals surface area contributed by atoms with Crippen LogP contribution in [0, 0.1) is 0 Å². The van der Waals surface area contributed by atoms with Crippen molar-refractivity contribution in [2.75, 3.05) is 11.5 Å². The van der Waals surface area contributed by atoms with E-state index in [1.165, 1.54) is 0 Å². The van der Waals surface area contributed by atoms with Crippen LogP contribution in [0.5, 0.6) is 5.75 Å². The molecule has 2 amide bonds. The largest absolute Gasteiger partial charge is 0.489 e. The number of amides is 2. The minimum absolute atomic E-state index is 0.0690. The number of nitrogens with zero attached hydrogens (tertiary/aromatic N) is 2. The maximum Gasteiger partial charge on any atom is 0.274 e. The minimum atomic E-state index is -0.792. The highest BCUT2D eigenvalue weighted by Gasteiger charge is 2.41. The zero-order valence-electron chi connectivity index (χ0n) is 16.3. The molecule has 1 aromatic heterocycles. The Bertz CT molecular complexity index is 1070. The zero-order valence-corrected chi connectivity index (χ0v) is 16.3. The summed E-state index contributed by atoms with van der Waals surface area (Å²) in [6.45, 7) is 0.0690. The van der Waals surface area contributed by atoms with Gasteiger partial charge in [0.1, 0.15) is 24.2 Å². The van der Waals surface area contributed by atoms with E-state index in [2.05, 4.69) is 10.5 Å². The molecule has 1 atom stereocenters. The Morgan fingerprint density at radius 1 is 1.10 bits per heavy atom. The molecule has 7 heteroatoms. The Kier molecular flexibility index (Phi) is 4.71. The predicted molar refractivity (Wildman–Crippen MR) is 109 cm³/mol. The number of carbonyl (C=O) groups is 2. The number of aromatic nitrogens is 1. The molecule has 5 rings (SSSR count). The summed E-state index contributed by atoms with van der Waals surface area (Å²) in [6, 6.07) is 18.2. The van der Waals surface area contributed by atoms with Crippen molar-refractivity contribution in [3.8, 4) is 5.75 Å². The Labute approximate surface area is 173 Å². The van der Waals surface area contributed by atoms with Crippen LogP contribution in [0.3, 0.4) is 0 Å². The number of benzene rings is 2. The molecule has 2 aliphatic rings. The van der Waals surface area contributed by atoms with Crippen molar-refractivity contribution in [2.24, 2.45) is 0 Å². The first-order chi connectivity index (χ1) is 14.7. The molecule has 152 valence electrons. The first-order valence-electron chi connectivity index (χ1n) is 10.0. The summed E-state index contributed by atoms with van der Waals surface area (Å²) in [5, 5.41) is 6.65. The number of rotatable bonds is 5. The number of para-hydroxylation sites is 2. The molecule has 1 aliphatic carbocycles. The van der Waals surface area contributed by atoms with Gasteiger partial charge >= 0.3 is 0 Å². The third kappa shape index (κ3) is 3.66. The van der Waals surface area contributed by atoms with Crippen LogP contribution in [0.2, 0.25) is 0 Å². The highest BCUT2D eigenvalue weighted by molar-refractivity contribution is 6.03. The van der Waals surface area contributed by atoms with Crippen LogP contribution < -0.4 is 15.0 Å². The molecule has 30 heavy (non-hydrogen) atoms. The molecular weight excluding hydrogens is 382 g/mol. The van der Waals surface area contributed by atoms with E-state index in [0.717, 1.165) is 24.1 Å². The average Bonchev–Trinajstić information content (AvgIpc) is 3.51. The lowest BCUT2D eigenvalue weighted by Gasteiger charge is -2.24.